The molecule has 3 nitrogen and oxygen atoms in total. The second-order valence-electron chi connectivity index (χ2n) is 5.16. The monoisotopic (exact) mass is 212 g/mol. The van der Waals surface area contributed by atoms with E-state index in [1.54, 1.807) is 0 Å². The Balaban J connectivity index is 1.80. The Kier molecular flexibility index (Phi) is 3.65. The molecule has 0 radical (unpaired) electrons. The summed E-state index contributed by atoms with van der Waals surface area (Å²) in [5.74, 6) is 0. The van der Waals surface area contributed by atoms with Gasteiger partial charge in [-0.25, -0.2) is 0 Å². The molecule has 0 aromatic carbocycles. The summed E-state index contributed by atoms with van der Waals surface area (Å²) in [6.07, 6.45) is 5.06. The molecule has 2 aliphatic rings. The molecule has 2 rings (SSSR count). The fourth-order valence-electron chi connectivity index (χ4n) is 2.72. The van der Waals surface area contributed by atoms with Gasteiger partial charge in [0.25, 0.3) is 0 Å². The first-order valence-corrected chi connectivity index (χ1v) is 6.37. The Morgan fingerprint density at radius 3 is 2.73 bits per heavy atom. The lowest BCUT2D eigenvalue weighted by Gasteiger charge is -2.21. The van der Waals surface area contributed by atoms with Crippen molar-refractivity contribution in [2.24, 2.45) is 0 Å². The van der Waals surface area contributed by atoms with Gasteiger partial charge in [-0.2, -0.15) is 0 Å². The average Bonchev–Trinajstić information content (AvgIpc) is 3.00. The predicted molar refractivity (Wildman–Crippen MR) is 61.9 cm³/mol. The van der Waals surface area contributed by atoms with Crippen LogP contribution in [0.1, 0.15) is 39.5 Å². The zero-order chi connectivity index (χ0) is 10.8. The predicted octanol–water partition coefficient (Wildman–Crippen LogP) is 0.972. The van der Waals surface area contributed by atoms with Gasteiger partial charge in [-0.05, 0) is 32.6 Å². The van der Waals surface area contributed by atoms with Crippen molar-refractivity contribution in [3.63, 3.8) is 0 Å². The van der Waals surface area contributed by atoms with Gasteiger partial charge < -0.3 is 10.4 Å². The molecule has 0 amide bonds. The third-order valence-electron chi connectivity index (χ3n) is 3.82. The van der Waals surface area contributed by atoms with Crippen LogP contribution in [0.5, 0.6) is 0 Å². The largest absolute Gasteiger partial charge is 0.395 e. The average molecular weight is 212 g/mol. The quantitative estimate of drug-likeness (QED) is 0.713. The number of hydrogen-bond donors (Lipinski definition) is 2. The molecule has 88 valence electrons. The summed E-state index contributed by atoms with van der Waals surface area (Å²) in [4.78, 5) is 2.64. The smallest absolute Gasteiger partial charge is 0.0584 e. The second-order valence-corrected chi connectivity index (χ2v) is 5.16. The van der Waals surface area contributed by atoms with E-state index in [0.717, 1.165) is 18.5 Å². The van der Waals surface area contributed by atoms with Gasteiger partial charge in [-0.3, -0.25) is 4.90 Å². The highest BCUT2D eigenvalue weighted by Gasteiger charge is 2.38. The number of hydrogen-bond acceptors (Lipinski definition) is 3. The first-order valence-electron chi connectivity index (χ1n) is 6.37. The fourth-order valence-corrected chi connectivity index (χ4v) is 2.72. The van der Waals surface area contributed by atoms with Crippen LogP contribution in [0.25, 0.3) is 0 Å². The van der Waals surface area contributed by atoms with E-state index >= 15 is 0 Å². The van der Waals surface area contributed by atoms with Crippen LogP contribution in [0.2, 0.25) is 0 Å². The Morgan fingerprint density at radius 2 is 2.20 bits per heavy atom. The Hall–Kier alpha value is -0.120. The lowest BCUT2D eigenvalue weighted by molar-refractivity contribution is 0.222. The molecule has 2 fully saturated rings. The van der Waals surface area contributed by atoms with Gasteiger partial charge >= 0.3 is 0 Å². The van der Waals surface area contributed by atoms with Crippen molar-refractivity contribution in [1.82, 2.24) is 10.2 Å². The number of rotatable bonds is 5. The third-order valence-corrected chi connectivity index (χ3v) is 3.82. The standard InChI is InChI=1S/C12H24N2O/c1-3-10(8-15)13-11-6-9(2)14(7-11)12-4-5-12/h9-13,15H,3-8H2,1-2H3/t9?,10-,11?/m1/s1. The maximum Gasteiger partial charge on any atom is 0.0584 e. The number of nitrogens with one attached hydrogen (secondary N) is 1. The maximum atomic E-state index is 9.16. The van der Waals surface area contributed by atoms with Crippen LogP contribution in [0, 0.1) is 0 Å². The summed E-state index contributed by atoms with van der Waals surface area (Å²) in [6, 6.07) is 2.49. The second kappa shape index (κ2) is 4.81. The van der Waals surface area contributed by atoms with Crippen molar-refractivity contribution < 1.29 is 5.11 Å². The van der Waals surface area contributed by atoms with Crippen LogP contribution in [0.3, 0.4) is 0 Å². The number of likely N-dealkylation sites (tertiary alicyclic amines) is 1. The Bertz CT molecular complexity index is 200. The van der Waals surface area contributed by atoms with Crippen LogP contribution in [0.15, 0.2) is 0 Å². The first-order chi connectivity index (χ1) is 7.24. The third kappa shape index (κ3) is 2.71. The number of nitrogens with zero attached hydrogens (tertiary/aromatic N) is 1. The van der Waals surface area contributed by atoms with Crippen LogP contribution in [-0.2, 0) is 0 Å². The van der Waals surface area contributed by atoms with Crippen molar-refractivity contribution >= 4 is 0 Å². The van der Waals surface area contributed by atoms with Crippen LogP contribution < -0.4 is 5.32 Å². The highest BCUT2D eigenvalue weighted by atomic mass is 16.3. The Labute approximate surface area is 92.8 Å². The molecule has 1 aliphatic carbocycles. The molecule has 0 spiro atoms. The SMILES string of the molecule is CC[C@H](CO)NC1CC(C)N(C2CC2)C1. The molecule has 1 saturated carbocycles. The summed E-state index contributed by atoms with van der Waals surface area (Å²) in [7, 11) is 0. The maximum absolute atomic E-state index is 9.16. The van der Waals surface area contributed by atoms with E-state index in [9.17, 15) is 0 Å². The van der Waals surface area contributed by atoms with Crippen molar-refractivity contribution in [3.8, 4) is 0 Å². The molecule has 0 aromatic rings. The normalized spacial score (nSPS) is 34.6. The zero-order valence-corrected chi connectivity index (χ0v) is 9.95. The molecule has 3 heteroatoms. The van der Waals surface area contributed by atoms with Crippen LogP contribution in [0.4, 0.5) is 0 Å². The van der Waals surface area contributed by atoms with Crippen molar-refractivity contribution in [1.29, 1.82) is 0 Å². The van der Waals surface area contributed by atoms with Gasteiger partial charge in [0.15, 0.2) is 0 Å². The molecular formula is C12H24N2O. The number of aliphatic hydroxyl groups excluding tert-OH is 1. The lowest BCUT2D eigenvalue weighted by atomic mass is 10.1. The molecule has 0 aromatic heterocycles. The van der Waals surface area contributed by atoms with Crippen LogP contribution in [-0.4, -0.2) is 47.3 Å². The van der Waals surface area contributed by atoms with E-state index in [1.807, 2.05) is 0 Å². The molecule has 3 atom stereocenters. The van der Waals surface area contributed by atoms with E-state index in [-0.39, 0.29) is 6.61 Å². The van der Waals surface area contributed by atoms with Crippen LogP contribution >= 0.6 is 0 Å². The van der Waals surface area contributed by atoms with E-state index in [4.69, 9.17) is 5.11 Å². The molecule has 2 unspecified atom stereocenters. The minimum atomic E-state index is 0.269. The zero-order valence-electron chi connectivity index (χ0n) is 9.95. The highest BCUT2D eigenvalue weighted by Crippen LogP contribution is 2.33. The molecule has 1 heterocycles. The molecule has 1 aliphatic heterocycles. The molecular weight excluding hydrogens is 188 g/mol. The van der Waals surface area contributed by atoms with Crippen molar-refractivity contribution in [2.75, 3.05) is 13.2 Å². The topological polar surface area (TPSA) is 35.5 Å². The summed E-state index contributed by atoms with van der Waals surface area (Å²) in [5, 5.41) is 12.7. The summed E-state index contributed by atoms with van der Waals surface area (Å²) < 4.78 is 0. The number of aliphatic hydroxyl groups is 1. The minimum absolute atomic E-state index is 0.269. The molecule has 1 saturated heterocycles. The molecule has 0 bridgehead atoms. The minimum Gasteiger partial charge on any atom is -0.395 e. The van der Waals surface area contributed by atoms with E-state index < -0.39 is 0 Å². The summed E-state index contributed by atoms with van der Waals surface area (Å²) >= 11 is 0. The summed E-state index contributed by atoms with van der Waals surface area (Å²) in [5.41, 5.74) is 0. The van der Waals surface area contributed by atoms with E-state index in [0.29, 0.717) is 12.1 Å². The fraction of sp³-hybridized carbons (Fsp3) is 1.00. The molecule has 15 heavy (non-hydrogen) atoms. The lowest BCUT2D eigenvalue weighted by Crippen LogP contribution is -2.41. The highest BCUT2D eigenvalue weighted by molar-refractivity contribution is 4.96. The van der Waals surface area contributed by atoms with Gasteiger partial charge in [-0.15, -0.1) is 0 Å². The summed E-state index contributed by atoms with van der Waals surface area (Å²) in [6.45, 7) is 5.91. The first kappa shape index (κ1) is 11.4. The van der Waals surface area contributed by atoms with Gasteiger partial charge in [-0.1, -0.05) is 6.92 Å². The van der Waals surface area contributed by atoms with E-state index in [2.05, 4.69) is 24.1 Å². The van der Waals surface area contributed by atoms with Crippen molar-refractivity contribution in [3.05, 3.63) is 0 Å². The van der Waals surface area contributed by atoms with E-state index in [1.165, 1.54) is 25.8 Å². The van der Waals surface area contributed by atoms with Gasteiger partial charge in [0.2, 0.25) is 0 Å². The van der Waals surface area contributed by atoms with Gasteiger partial charge in [0.05, 0.1) is 6.61 Å². The van der Waals surface area contributed by atoms with Gasteiger partial charge in [0, 0.05) is 30.7 Å². The molecule has 2 N–H and O–H groups in total. The Morgan fingerprint density at radius 1 is 1.47 bits per heavy atom. The van der Waals surface area contributed by atoms with Gasteiger partial charge in [0.1, 0.15) is 0 Å². The van der Waals surface area contributed by atoms with Crippen molar-refractivity contribution in [2.45, 2.75) is 63.7 Å².